The molecule has 0 spiro atoms. The van der Waals surface area contributed by atoms with Crippen LogP contribution in [0.1, 0.15) is 6.42 Å². The number of aromatic nitrogens is 3. The van der Waals surface area contributed by atoms with Gasteiger partial charge in [-0.3, -0.25) is 9.78 Å². The molecule has 0 bridgehead atoms. The number of rotatable bonds is 4. The molecule has 0 unspecified atom stereocenters. The molecule has 110 valence electrons. The summed E-state index contributed by atoms with van der Waals surface area (Å²) in [5.41, 5.74) is 1.43. The van der Waals surface area contributed by atoms with E-state index in [9.17, 15) is 4.79 Å². The molecule has 1 fully saturated rings. The Bertz CT molecular complexity index is 660. The van der Waals surface area contributed by atoms with Gasteiger partial charge in [-0.25, -0.2) is 4.68 Å². The summed E-state index contributed by atoms with van der Waals surface area (Å²) < 4.78 is 1.63. The molecule has 5 nitrogen and oxygen atoms in total. The van der Waals surface area contributed by atoms with Gasteiger partial charge in [0, 0.05) is 18.5 Å². The summed E-state index contributed by atoms with van der Waals surface area (Å²) in [6, 6.07) is 3.71. The first-order valence-corrected chi connectivity index (χ1v) is 8.24. The van der Waals surface area contributed by atoms with E-state index < -0.39 is 0 Å². The quantitative estimate of drug-likeness (QED) is 0.868. The van der Waals surface area contributed by atoms with Crippen LogP contribution in [0.2, 0.25) is 5.15 Å². The molecule has 1 saturated carbocycles. The highest BCUT2D eigenvalue weighted by Crippen LogP contribution is 2.42. The van der Waals surface area contributed by atoms with E-state index >= 15 is 0 Å². The zero-order chi connectivity index (χ0) is 15.0. The molecule has 2 aromatic heterocycles. The maximum absolute atomic E-state index is 12.4. The first-order valence-electron chi connectivity index (χ1n) is 6.57. The molecule has 0 N–H and O–H groups in total. The fourth-order valence-electron chi connectivity index (χ4n) is 2.25. The van der Waals surface area contributed by atoms with Crippen LogP contribution in [0.3, 0.4) is 0 Å². The van der Waals surface area contributed by atoms with Crippen LogP contribution in [-0.2, 0) is 4.79 Å². The fourth-order valence-corrected chi connectivity index (χ4v) is 3.35. The van der Waals surface area contributed by atoms with Gasteiger partial charge < -0.3 is 4.90 Å². The van der Waals surface area contributed by atoms with Crippen molar-refractivity contribution in [2.75, 3.05) is 18.2 Å². The Morgan fingerprint density at radius 2 is 2.38 bits per heavy atom. The molecule has 2 heterocycles. The summed E-state index contributed by atoms with van der Waals surface area (Å²) in [6.45, 7) is 0. The Kier molecular flexibility index (Phi) is 3.91. The predicted molar refractivity (Wildman–Crippen MR) is 85.2 cm³/mol. The first-order chi connectivity index (χ1) is 10.1. The minimum Gasteiger partial charge on any atom is -0.311 e. The number of thioether (sulfide) groups is 1. The number of carbonyl (C=O) groups excluding carboxylic acids is 1. The fraction of sp³-hybridized carbons (Fsp3) is 0.357. The van der Waals surface area contributed by atoms with Crippen molar-refractivity contribution in [2.24, 2.45) is 5.92 Å². The highest BCUT2D eigenvalue weighted by Gasteiger charge is 2.44. The Labute approximate surface area is 132 Å². The lowest BCUT2D eigenvalue weighted by Crippen LogP contribution is -2.28. The minimum atomic E-state index is 0.0991. The Morgan fingerprint density at radius 1 is 1.57 bits per heavy atom. The number of nitrogens with zero attached hydrogens (tertiary/aromatic N) is 4. The second-order valence-electron chi connectivity index (χ2n) is 4.97. The van der Waals surface area contributed by atoms with Crippen LogP contribution in [0.15, 0.2) is 30.7 Å². The van der Waals surface area contributed by atoms with E-state index in [-0.39, 0.29) is 11.8 Å². The van der Waals surface area contributed by atoms with E-state index in [1.807, 2.05) is 18.4 Å². The average molecular weight is 323 g/mol. The van der Waals surface area contributed by atoms with Gasteiger partial charge >= 0.3 is 0 Å². The van der Waals surface area contributed by atoms with Crippen LogP contribution in [0.5, 0.6) is 0 Å². The summed E-state index contributed by atoms with van der Waals surface area (Å²) in [6.07, 6.45) is 8.12. The monoisotopic (exact) mass is 322 g/mol. The van der Waals surface area contributed by atoms with Gasteiger partial charge in [0.25, 0.3) is 0 Å². The van der Waals surface area contributed by atoms with Crippen LogP contribution < -0.4 is 4.90 Å². The van der Waals surface area contributed by atoms with Crippen LogP contribution in [0.25, 0.3) is 5.69 Å². The summed E-state index contributed by atoms with van der Waals surface area (Å²) in [4.78, 5) is 18.0. The smallest absolute Gasteiger partial charge is 0.231 e. The second kappa shape index (κ2) is 5.69. The molecule has 2 atom stereocenters. The van der Waals surface area contributed by atoms with Crippen LogP contribution >= 0.6 is 23.4 Å². The van der Waals surface area contributed by atoms with Crippen molar-refractivity contribution in [3.63, 3.8) is 0 Å². The third-order valence-corrected chi connectivity index (χ3v) is 5.00. The topological polar surface area (TPSA) is 51.0 Å². The largest absolute Gasteiger partial charge is 0.311 e. The van der Waals surface area contributed by atoms with E-state index in [4.69, 9.17) is 11.6 Å². The molecule has 0 radical (unpaired) electrons. The maximum Gasteiger partial charge on any atom is 0.231 e. The van der Waals surface area contributed by atoms with Gasteiger partial charge in [0.15, 0.2) is 5.15 Å². The third kappa shape index (κ3) is 2.78. The molecule has 1 amide bonds. The van der Waals surface area contributed by atoms with Crippen molar-refractivity contribution in [3.8, 4) is 5.69 Å². The molecule has 0 aliphatic heterocycles. The van der Waals surface area contributed by atoms with Gasteiger partial charge in [-0.1, -0.05) is 11.6 Å². The standard InChI is InChI=1S/C14H15ClN4OS/c1-18(14(20)10-6-12(10)21-2)11-8-19(17-13(11)15)9-4-3-5-16-7-9/h3-5,7-8,10,12H,6H2,1-2H3/t10-,12-/m0/s1. The Balaban J connectivity index is 1.83. The van der Waals surface area contributed by atoms with Crippen molar-refractivity contribution in [1.29, 1.82) is 0 Å². The summed E-state index contributed by atoms with van der Waals surface area (Å²) >= 11 is 7.91. The molecule has 21 heavy (non-hydrogen) atoms. The highest BCUT2D eigenvalue weighted by atomic mass is 35.5. The average Bonchev–Trinajstić information content (AvgIpc) is 3.21. The number of pyridine rings is 1. The SMILES string of the molecule is CS[C@H]1C[C@@H]1C(=O)N(C)c1cn(-c2cccnc2)nc1Cl. The Hall–Kier alpha value is -1.53. The maximum atomic E-state index is 12.4. The van der Waals surface area contributed by atoms with Crippen LogP contribution in [0.4, 0.5) is 5.69 Å². The minimum absolute atomic E-state index is 0.0991. The number of hydrogen-bond donors (Lipinski definition) is 0. The molecule has 1 aliphatic rings. The normalized spacial score (nSPS) is 20.3. The molecule has 0 saturated heterocycles. The van der Waals surface area contributed by atoms with E-state index in [1.165, 1.54) is 0 Å². The number of halogens is 1. The number of amides is 1. The van der Waals surface area contributed by atoms with Gasteiger partial charge in [0.05, 0.1) is 24.0 Å². The van der Waals surface area contributed by atoms with Gasteiger partial charge in [-0.2, -0.15) is 16.9 Å². The number of hydrogen-bond acceptors (Lipinski definition) is 4. The summed E-state index contributed by atoms with van der Waals surface area (Å²) in [5.74, 6) is 0.199. The van der Waals surface area contributed by atoms with Gasteiger partial charge in [-0.15, -0.1) is 0 Å². The van der Waals surface area contributed by atoms with Crippen molar-refractivity contribution in [3.05, 3.63) is 35.9 Å². The van der Waals surface area contributed by atoms with Crippen molar-refractivity contribution in [1.82, 2.24) is 14.8 Å². The van der Waals surface area contributed by atoms with E-state index in [1.54, 1.807) is 47.0 Å². The summed E-state index contributed by atoms with van der Waals surface area (Å²) in [7, 11) is 1.74. The lowest BCUT2D eigenvalue weighted by Gasteiger charge is -2.15. The van der Waals surface area contributed by atoms with E-state index in [2.05, 4.69) is 10.1 Å². The molecular weight excluding hydrogens is 308 g/mol. The molecule has 3 rings (SSSR count). The van der Waals surface area contributed by atoms with Crippen molar-refractivity contribution in [2.45, 2.75) is 11.7 Å². The lowest BCUT2D eigenvalue weighted by atomic mass is 10.3. The first kappa shape index (κ1) is 14.4. The lowest BCUT2D eigenvalue weighted by molar-refractivity contribution is -0.119. The molecular formula is C14H15ClN4OS. The molecule has 0 aromatic carbocycles. The van der Waals surface area contributed by atoms with Gasteiger partial charge in [0.2, 0.25) is 5.91 Å². The molecule has 7 heteroatoms. The Morgan fingerprint density at radius 3 is 3.00 bits per heavy atom. The highest BCUT2D eigenvalue weighted by molar-refractivity contribution is 7.99. The van der Waals surface area contributed by atoms with Crippen molar-refractivity contribution >= 4 is 35.0 Å². The second-order valence-corrected chi connectivity index (χ2v) is 6.41. The van der Waals surface area contributed by atoms with Crippen LogP contribution in [0, 0.1) is 5.92 Å². The third-order valence-electron chi connectivity index (χ3n) is 3.61. The van der Waals surface area contributed by atoms with Crippen LogP contribution in [-0.4, -0.2) is 39.2 Å². The summed E-state index contributed by atoms with van der Waals surface area (Å²) in [5, 5.41) is 5.00. The van der Waals surface area contributed by atoms with E-state index in [0.29, 0.717) is 16.1 Å². The van der Waals surface area contributed by atoms with Gasteiger partial charge in [-0.05, 0) is 24.8 Å². The van der Waals surface area contributed by atoms with Gasteiger partial charge in [0.1, 0.15) is 5.69 Å². The zero-order valence-corrected chi connectivity index (χ0v) is 13.3. The van der Waals surface area contributed by atoms with E-state index in [0.717, 1.165) is 12.1 Å². The molecule has 2 aromatic rings. The predicted octanol–water partition coefficient (Wildman–Crippen LogP) is 2.64. The van der Waals surface area contributed by atoms with Crippen molar-refractivity contribution < 1.29 is 4.79 Å². The zero-order valence-electron chi connectivity index (χ0n) is 11.7. The molecule has 1 aliphatic carbocycles. The number of anilines is 1. The number of carbonyl (C=O) groups is 1.